The number of nitrogens with one attached hydrogen (secondary N) is 2. The summed E-state index contributed by atoms with van der Waals surface area (Å²) in [6.45, 7) is 8.15. The third kappa shape index (κ3) is 5.91. The number of carbonyl (C=O) groups excluding carboxylic acids is 2. The van der Waals surface area contributed by atoms with Gasteiger partial charge in [-0.15, -0.1) is 0 Å². The molecule has 0 saturated heterocycles. The summed E-state index contributed by atoms with van der Waals surface area (Å²) < 4.78 is 34.5. The maximum absolute atomic E-state index is 13.2. The average Bonchev–Trinajstić information content (AvgIpc) is 3.18. The Labute approximate surface area is 195 Å². The first-order valence-corrected chi connectivity index (χ1v) is 12.6. The van der Waals surface area contributed by atoms with E-state index < -0.39 is 22.0 Å². The molecule has 1 heterocycles. The number of nitrogens with zero attached hydrogens (tertiary/aromatic N) is 1. The number of rotatable bonds is 9. The summed E-state index contributed by atoms with van der Waals surface area (Å²) in [6.07, 6.45) is 0.910. The molecule has 0 unspecified atom stereocenters. The molecule has 1 aliphatic heterocycles. The van der Waals surface area contributed by atoms with E-state index in [1.54, 1.807) is 41.3 Å². The van der Waals surface area contributed by atoms with Gasteiger partial charge in [-0.2, -0.15) is 4.72 Å². The second kappa shape index (κ2) is 10.4. The molecule has 0 saturated carbocycles. The molecule has 0 aliphatic carbocycles. The number of anilines is 2. The van der Waals surface area contributed by atoms with E-state index >= 15 is 0 Å². The lowest BCUT2D eigenvalue weighted by molar-refractivity contribution is -0.118. The lowest BCUT2D eigenvalue weighted by Gasteiger charge is -2.21. The highest BCUT2D eigenvalue weighted by atomic mass is 32.2. The number of hydrogen-bond donors (Lipinski definition) is 2. The molecular weight excluding hydrogens is 442 g/mol. The van der Waals surface area contributed by atoms with Crippen LogP contribution < -0.4 is 19.7 Å². The molecule has 0 fully saturated rings. The van der Waals surface area contributed by atoms with Gasteiger partial charge >= 0.3 is 0 Å². The van der Waals surface area contributed by atoms with Gasteiger partial charge in [0.25, 0.3) is 0 Å². The Kier molecular flexibility index (Phi) is 7.76. The zero-order valence-corrected chi connectivity index (χ0v) is 20.2. The van der Waals surface area contributed by atoms with Gasteiger partial charge in [-0.25, -0.2) is 8.42 Å². The minimum atomic E-state index is -3.97. The van der Waals surface area contributed by atoms with E-state index in [0.29, 0.717) is 37.4 Å². The Morgan fingerprint density at radius 3 is 2.55 bits per heavy atom. The fraction of sp³-hybridized carbons (Fsp3) is 0.417. The number of carbonyl (C=O) groups is 2. The first kappa shape index (κ1) is 24.7. The molecule has 0 spiro atoms. The van der Waals surface area contributed by atoms with Crippen LogP contribution in [0.5, 0.6) is 5.75 Å². The van der Waals surface area contributed by atoms with Crippen molar-refractivity contribution in [2.45, 2.75) is 51.5 Å². The van der Waals surface area contributed by atoms with Crippen LogP contribution in [-0.2, 0) is 26.0 Å². The number of hydrogen-bond acceptors (Lipinski definition) is 5. The Balaban J connectivity index is 1.82. The Hall–Kier alpha value is -2.91. The van der Waals surface area contributed by atoms with Crippen molar-refractivity contribution < 1.29 is 22.7 Å². The minimum absolute atomic E-state index is 0.0722. The van der Waals surface area contributed by atoms with Crippen molar-refractivity contribution in [2.24, 2.45) is 5.92 Å². The molecule has 1 atom stereocenters. The smallest absolute Gasteiger partial charge is 0.242 e. The Bertz CT molecular complexity index is 1130. The maximum atomic E-state index is 13.2. The number of amides is 2. The van der Waals surface area contributed by atoms with Gasteiger partial charge < -0.3 is 15.0 Å². The van der Waals surface area contributed by atoms with Gasteiger partial charge in [-0.3, -0.25) is 9.59 Å². The summed E-state index contributed by atoms with van der Waals surface area (Å²) in [5, 5.41) is 2.80. The number of para-hydroxylation sites is 2. The van der Waals surface area contributed by atoms with Gasteiger partial charge in [-0.1, -0.05) is 26.0 Å². The standard InChI is InChI=1S/C24H31N3O5S/c1-5-32-23-9-7-6-8-20(23)25-24(29)21(14-16(2)3)26-33(30,31)19-10-11-22-18(15-19)12-13-27(22)17(4)28/h6-11,15-16,21,26H,5,12-14H2,1-4H3,(H,25,29)/t21-/m1/s1. The van der Waals surface area contributed by atoms with Gasteiger partial charge in [0, 0.05) is 19.2 Å². The average molecular weight is 474 g/mol. The summed E-state index contributed by atoms with van der Waals surface area (Å²) >= 11 is 0. The van der Waals surface area contributed by atoms with E-state index in [2.05, 4.69) is 10.0 Å². The molecule has 1 aliphatic rings. The second-order valence-electron chi connectivity index (χ2n) is 8.43. The molecular formula is C24H31N3O5S. The van der Waals surface area contributed by atoms with E-state index in [0.717, 1.165) is 11.3 Å². The molecule has 0 aromatic heterocycles. The molecule has 2 amide bonds. The Morgan fingerprint density at radius 2 is 1.88 bits per heavy atom. The predicted octanol–water partition coefficient (Wildman–Crippen LogP) is 3.33. The van der Waals surface area contributed by atoms with E-state index in [1.807, 2.05) is 20.8 Å². The first-order valence-electron chi connectivity index (χ1n) is 11.1. The first-order chi connectivity index (χ1) is 15.6. The molecule has 2 N–H and O–H groups in total. The molecule has 3 rings (SSSR count). The molecule has 2 aromatic rings. The van der Waals surface area contributed by atoms with Gasteiger partial charge in [0.1, 0.15) is 11.8 Å². The van der Waals surface area contributed by atoms with Crippen molar-refractivity contribution in [1.82, 2.24) is 4.72 Å². The van der Waals surface area contributed by atoms with Crippen molar-refractivity contribution in [3.05, 3.63) is 48.0 Å². The van der Waals surface area contributed by atoms with Gasteiger partial charge in [0.05, 0.1) is 17.2 Å². The summed E-state index contributed by atoms with van der Waals surface area (Å²) in [5.41, 5.74) is 2.01. The SMILES string of the molecule is CCOc1ccccc1NC(=O)[C@@H](CC(C)C)NS(=O)(=O)c1ccc2c(c1)CCN2C(C)=O. The molecule has 0 radical (unpaired) electrons. The summed E-state index contributed by atoms with van der Waals surface area (Å²) in [6, 6.07) is 10.8. The summed E-state index contributed by atoms with van der Waals surface area (Å²) in [7, 11) is -3.97. The van der Waals surface area contributed by atoms with Crippen LogP contribution in [0, 0.1) is 5.92 Å². The van der Waals surface area contributed by atoms with Gasteiger partial charge in [-0.05, 0) is 61.6 Å². The van der Waals surface area contributed by atoms with Crippen LogP contribution in [0.1, 0.15) is 39.7 Å². The van der Waals surface area contributed by atoms with E-state index in [1.165, 1.54) is 13.0 Å². The number of benzene rings is 2. The lowest BCUT2D eigenvalue weighted by atomic mass is 10.0. The van der Waals surface area contributed by atoms with Crippen molar-refractivity contribution in [1.29, 1.82) is 0 Å². The van der Waals surface area contributed by atoms with E-state index in [-0.39, 0.29) is 16.7 Å². The highest BCUT2D eigenvalue weighted by Gasteiger charge is 2.29. The van der Waals surface area contributed by atoms with Crippen molar-refractivity contribution in [2.75, 3.05) is 23.4 Å². The largest absolute Gasteiger partial charge is 0.492 e. The van der Waals surface area contributed by atoms with Crippen LogP contribution in [0.3, 0.4) is 0 Å². The maximum Gasteiger partial charge on any atom is 0.242 e. The van der Waals surface area contributed by atoms with Crippen LogP contribution in [0.25, 0.3) is 0 Å². The fourth-order valence-corrected chi connectivity index (χ4v) is 5.14. The van der Waals surface area contributed by atoms with Crippen LogP contribution in [-0.4, -0.2) is 39.4 Å². The third-order valence-electron chi connectivity index (χ3n) is 5.40. The van der Waals surface area contributed by atoms with Crippen LogP contribution >= 0.6 is 0 Å². The predicted molar refractivity (Wildman–Crippen MR) is 128 cm³/mol. The normalized spacial score (nSPS) is 14.2. The monoisotopic (exact) mass is 473 g/mol. The van der Waals surface area contributed by atoms with Gasteiger partial charge in [0.2, 0.25) is 21.8 Å². The van der Waals surface area contributed by atoms with Crippen LogP contribution in [0.15, 0.2) is 47.4 Å². The van der Waals surface area contributed by atoms with Crippen molar-refractivity contribution >= 4 is 33.2 Å². The Morgan fingerprint density at radius 1 is 1.15 bits per heavy atom. The third-order valence-corrected chi connectivity index (χ3v) is 6.87. The molecule has 2 aromatic carbocycles. The second-order valence-corrected chi connectivity index (χ2v) is 10.1. The summed E-state index contributed by atoms with van der Waals surface area (Å²) in [4.78, 5) is 26.6. The topological polar surface area (TPSA) is 105 Å². The molecule has 8 nitrogen and oxygen atoms in total. The minimum Gasteiger partial charge on any atom is -0.492 e. The van der Waals surface area contributed by atoms with Crippen molar-refractivity contribution in [3.8, 4) is 5.75 Å². The quantitative estimate of drug-likeness (QED) is 0.581. The van der Waals surface area contributed by atoms with E-state index in [4.69, 9.17) is 4.74 Å². The molecule has 9 heteroatoms. The molecule has 178 valence electrons. The number of fused-ring (bicyclic) bond motifs is 1. The zero-order chi connectivity index (χ0) is 24.2. The molecule has 0 bridgehead atoms. The number of ether oxygens (including phenoxy) is 1. The molecule has 33 heavy (non-hydrogen) atoms. The van der Waals surface area contributed by atoms with Crippen LogP contribution in [0.4, 0.5) is 11.4 Å². The van der Waals surface area contributed by atoms with E-state index in [9.17, 15) is 18.0 Å². The number of sulfonamides is 1. The highest BCUT2D eigenvalue weighted by molar-refractivity contribution is 7.89. The summed E-state index contributed by atoms with van der Waals surface area (Å²) in [5.74, 6) is 0.0645. The van der Waals surface area contributed by atoms with Gasteiger partial charge in [0.15, 0.2) is 0 Å². The highest BCUT2D eigenvalue weighted by Crippen LogP contribution is 2.30. The zero-order valence-electron chi connectivity index (χ0n) is 19.4. The lowest BCUT2D eigenvalue weighted by Crippen LogP contribution is -2.44. The van der Waals surface area contributed by atoms with Crippen molar-refractivity contribution in [3.63, 3.8) is 0 Å². The van der Waals surface area contributed by atoms with Crippen LogP contribution in [0.2, 0.25) is 0 Å². The fourth-order valence-electron chi connectivity index (χ4n) is 3.88.